The molecule has 0 aromatic carbocycles. The molecular formula is C10H17O. The Bertz CT molecular complexity index is 114. The van der Waals surface area contributed by atoms with E-state index in [1.165, 1.54) is 25.7 Å². The molecule has 0 aliphatic heterocycles. The molecule has 63 valence electrons. The normalized spacial score (nSPS) is 17.9. The summed E-state index contributed by atoms with van der Waals surface area (Å²) in [5.41, 5.74) is 0. The lowest BCUT2D eigenvalue weighted by Crippen LogP contribution is -1.86. The Morgan fingerprint density at radius 2 is 2.36 bits per heavy atom. The monoisotopic (exact) mass is 153 g/mol. The van der Waals surface area contributed by atoms with E-state index in [0.717, 1.165) is 12.5 Å². The van der Waals surface area contributed by atoms with E-state index in [1.807, 2.05) is 0 Å². The van der Waals surface area contributed by atoms with Crippen LogP contribution in [0.1, 0.15) is 25.7 Å². The second kappa shape index (κ2) is 5.36. The Kier molecular flexibility index (Phi) is 4.29. The number of allylic oxidation sites excluding steroid dienone is 2. The van der Waals surface area contributed by atoms with Crippen LogP contribution in [0.25, 0.3) is 0 Å². The van der Waals surface area contributed by atoms with E-state index in [4.69, 9.17) is 4.74 Å². The van der Waals surface area contributed by atoms with Crippen LogP contribution in [0.15, 0.2) is 12.2 Å². The molecule has 0 bridgehead atoms. The standard InChI is InChI=1S/C10H17O/c1-11-9-5-3-2-4-6-10-7-8-10/h4,6-7,10H,2-3,5,8-9H2,1H3. The third-order valence-electron chi connectivity index (χ3n) is 1.86. The predicted molar refractivity (Wildman–Crippen MR) is 47.3 cm³/mol. The van der Waals surface area contributed by atoms with E-state index < -0.39 is 0 Å². The highest BCUT2D eigenvalue weighted by Gasteiger charge is 2.16. The van der Waals surface area contributed by atoms with E-state index in [2.05, 4.69) is 18.6 Å². The van der Waals surface area contributed by atoms with Crippen LogP contribution >= 0.6 is 0 Å². The van der Waals surface area contributed by atoms with Gasteiger partial charge in [0.2, 0.25) is 0 Å². The minimum absolute atomic E-state index is 0.817. The van der Waals surface area contributed by atoms with E-state index in [-0.39, 0.29) is 0 Å². The van der Waals surface area contributed by atoms with Gasteiger partial charge < -0.3 is 4.74 Å². The maximum absolute atomic E-state index is 4.95. The van der Waals surface area contributed by atoms with Gasteiger partial charge in [0.05, 0.1) is 0 Å². The lowest BCUT2D eigenvalue weighted by Gasteiger charge is -1.94. The number of methoxy groups -OCH3 is 1. The maximum atomic E-state index is 4.95. The lowest BCUT2D eigenvalue weighted by atomic mass is 10.2. The van der Waals surface area contributed by atoms with Crippen LogP contribution in [0.3, 0.4) is 0 Å². The van der Waals surface area contributed by atoms with Crippen molar-refractivity contribution < 1.29 is 4.74 Å². The van der Waals surface area contributed by atoms with Crippen molar-refractivity contribution in [3.05, 3.63) is 18.6 Å². The fourth-order valence-electron chi connectivity index (χ4n) is 1.02. The fraction of sp³-hybridized carbons (Fsp3) is 0.700. The third kappa shape index (κ3) is 5.02. The van der Waals surface area contributed by atoms with Crippen molar-refractivity contribution in [2.45, 2.75) is 25.7 Å². The van der Waals surface area contributed by atoms with Gasteiger partial charge in [0.1, 0.15) is 0 Å². The summed E-state index contributed by atoms with van der Waals surface area (Å²) in [6.45, 7) is 0.906. The minimum Gasteiger partial charge on any atom is -0.385 e. The second-order valence-corrected chi connectivity index (χ2v) is 3.05. The molecule has 1 rings (SSSR count). The molecule has 1 radical (unpaired) electrons. The third-order valence-corrected chi connectivity index (χ3v) is 1.86. The quantitative estimate of drug-likeness (QED) is 0.421. The Morgan fingerprint density at radius 3 is 3.00 bits per heavy atom. The van der Waals surface area contributed by atoms with E-state index in [9.17, 15) is 0 Å². The first kappa shape index (κ1) is 8.79. The molecule has 0 spiro atoms. The van der Waals surface area contributed by atoms with Gasteiger partial charge in [-0.3, -0.25) is 0 Å². The largest absolute Gasteiger partial charge is 0.385 e. The molecule has 1 unspecified atom stereocenters. The highest BCUT2D eigenvalue weighted by atomic mass is 16.5. The summed E-state index contributed by atoms with van der Waals surface area (Å²) >= 11 is 0. The number of hydrogen-bond acceptors (Lipinski definition) is 1. The molecule has 1 atom stereocenters. The second-order valence-electron chi connectivity index (χ2n) is 3.05. The zero-order valence-electron chi connectivity index (χ0n) is 7.25. The lowest BCUT2D eigenvalue weighted by molar-refractivity contribution is 0.193. The zero-order valence-corrected chi connectivity index (χ0v) is 7.25. The number of rotatable bonds is 6. The van der Waals surface area contributed by atoms with Crippen molar-refractivity contribution >= 4 is 0 Å². The summed E-state index contributed by atoms with van der Waals surface area (Å²) in [7, 11) is 1.76. The summed E-state index contributed by atoms with van der Waals surface area (Å²) in [6.07, 6.45) is 11.9. The van der Waals surface area contributed by atoms with Gasteiger partial charge >= 0.3 is 0 Å². The van der Waals surface area contributed by atoms with Crippen molar-refractivity contribution in [3.63, 3.8) is 0 Å². The molecule has 0 aromatic heterocycles. The van der Waals surface area contributed by atoms with Crippen molar-refractivity contribution in [2.24, 2.45) is 5.92 Å². The number of unbranched alkanes of at least 4 members (excludes halogenated alkanes) is 2. The molecule has 0 amide bonds. The predicted octanol–water partition coefficient (Wildman–Crippen LogP) is 2.58. The molecule has 0 saturated heterocycles. The molecule has 1 nitrogen and oxygen atoms in total. The first-order chi connectivity index (χ1) is 5.43. The Labute approximate surface area is 69.4 Å². The van der Waals surface area contributed by atoms with Gasteiger partial charge in [-0.1, -0.05) is 12.2 Å². The van der Waals surface area contributed by atoms with Crippen molar-refractivity contribution in [3.8, 4) is 0 Å². The molecule has 1 heteroatoms. The van der Waals surface area contributed by atoms with Gasteiger partial charge in [-0.05, 0) is 38.0 Å². The molecule has 1 aliphatic carbocycles. The number of hydrogen-bond donors (Lipinski definition) is 0. The molecule has 11 heavy (non-hydrogen) atoms. The summed E-state index contributed by atoms with van der Waals surface area (Å²) in [6, 6.07) is 0. The Balaban J connectivity index is 1.79. The van der Waals surface area contributed by atoms with Gasteiger partial charge in [0.15, 0.2) is 0 Å². The summed E-state index contributed by atoms with van der Waals surface area (Å²) in [4.78, 5) is 0. The highest BCUT2D eigenvalue weighted by molar-refractivity contribution is 5.08. The van der Waals surface area contributed by atoms with Crippen LogP contribution in [0, 0.1) is 12.3 Å². The first-order valence-electron chi connectivity index (χ1n) is 4.42. The van der Waals surface area contributed by atoms with Crippen LogP contribution in [0.4, 0.5) is 0 Å². The van der Waals surface area contributed by atoms with Gasteiger partial charge in [0, 0.05) is 13.7 Å². The SMILES string of the molecule is COCCCCC=CC1[CH]C1. The molecule has 0 aromatic rings. The molecule has 0 heterocycles. The highest BCUT2D eigenvalue weighted by Crippen LogP contribution is 2.28. The van der Waals surface area contributed by atoms with Gasteiger partial charge in [-0.25, -0.2) is 0 Å². The average molecular weight is 153 g/mol. The van der Waals surface area contributed by atoms with Crippen molar-refractivity contribution in [1.29, 1.82) is 0 Å². The Morgan fingerprint density at radius 1 is 1.55 bits per heavy atom. The van der Waals surface area contributed by atoms with Crippen LogP contribution in [0.5, 0.6) is 0 Å². The van der Waals surface area contributed by atoms with E-state index in [1.54, 1.807) is 7.11 Å². The fourth-order valence-corrected chi connectivity index (χ4v) is 1.02. The average Bonchev–Trinajstić information content (AvgIpc) is 2.80. The summed E-state index contributed by atoms with van der Waals surface area (Å²) in [5, 5.41) is 0. The van der Waals surface area contributed by atoms with Gasteiger partial charge in [0.25, 0.3) is 0 Å². The Hall–Kier alpha value is -0.300. The van der Waals surface area contributed by atoms with E-state index in [0.29, 0.717) is 0 Å². The zero-order chi connectivity index (χ0) is 7.94. The minimum atomic E-state index is 0.817. The van der Waals surface area contributed by atoms with Gasteiger partial charge in [-0.2, -0.15) is 0 Å². The first-order valence-corrected chi connectivity index (χ1v) is 4.42. The molecular weight excluding hydrogens is 136 g/mol. The summed E-state index contributed by atoms with van der Waals surface area (Å²) < 4.78 is 4.95. The van der Waals surface area contributed by atoms with E-state index >= 15 is 0 Å². The van der Waals surface area contributed by atoms with Crippen LogP contribution in [-0.4, -0.2) is 13.7 Å². The van der Waals surface area contributed by atoms with Crippen LogP contribution in [0.2, 0.25) is 0 Å². The molecule has 0 N–H and O–H groups in total. The van der Waals surface area contributed by atoms with Crippen LogP contribution < -0.4 is 0 Å². The maximum Gasteiger partial charge on any atom is 0.0462 e. The molecule has 1 saturated carbocycles. The topological polar surface area (TPSA) is 9.23 Å². The van der Waals surface area contributed by atoms with Crippen LogP contribution in [-0.2, 0) is 4.74 Å². The van der Waals surface area contributed by atoms with Gasteiger partial charge in [-0.15, -0.1) is 0 Å². The molecule has 1 fully saturated rings. The summed E-state index contributed by atoms with van der Waals surface area (Å²) in [5.74, 6) is 0.817. The van der Waals surface area contributed by atoms with Crippen molar-refractivity contribution in [2.75, 3.05) is 13.7 Å². The van der Waals surface area contributed by atoms with Crippen molar-refractivity contribution in [1.82, 2.24) is 0 Å². The smallest absolute Gasteiger partial charge is 0.0462 e. The number of ether oxygens (including phenoxy) is 1. The molecule has 1 aliphatic rings.